The zero-order valence-corrected chi connectivity index (χ0v) is 9.80. The fourth-order valence-corrected chi connectivity index (χ4v) is 2.89. The van der Waals surface area contributed by atoms with Crippen molar-refractivity contribution < 1.29 is 0 Å². The van der Waals surface area contributed by atoms with Crippen LogP contribution in [0.1, 0.15) is 11.1 Å². The van der Waals surface area contributed by atoms with Crippen LogP contribution in [0, 0.1) is 0 Å². The monoisotopic (exact) mass is 222 g/mol. The lowest BCUT2D eigenvalue weighted by Crippen LogP contribution is -2.32. The first-order valence-electron chi connectivity index (χ1n) is 5.47. The Hall–Kier alpha value is -0.510. The van der Waals surface area contributed by atoms with Crippen LogP contribution in [-0.4, -0.2) is 29.5 Å². The predicted molar refractivity (Wildman–Crippen MR) is 66.9 cm³/mol. The Morgan fingerprint density at radius 1 is 1.13 bits per heavy atom. The number of thioether (sulfide) groups is 1. The second kappa shape index (κ2) is 5.54. The van der Waals surface area contributed by atoms with Gasteiger partial charge in [-0.1, -0.05) is 24.3 Å². The van der Waals surface area contributed by atoms with Crippen LogP contribution < -0.4 is 5.73 Å². The third-order valence-electron chi connectivity index (χ3n) is 2.84. The summed E-state index contributed by atoms with van der Waals surface area (Å²) in [6.45, 7) is 4.14. The fourth-order valence-electron chi connectivity index (χ4n) is 1.91. The van der Waals surface area contributed by atoms with Crippen LogP contribution in [0.4, 0.5) is 0 Å². The summed E-state index contributed by atoms with van der Waals surface area (Å²) in [5, 5.41) is 0. The van der Waals surface area contributed by atoms with E-state index in [0.717, 1.165) is 6.54 Å². The van der Waals surface area contributed by atoms with E-state index in [4.69, 9.17) is 5.73 Å². The molecule has 82 valence electrons. The normalized spacial score (nSPS) is 17.9. The highest BCUT2D eigenvalue weighted by molar-refractivity contribution is 7.99. The fraction of sp³-hybridized carbons (Fsp3) is 0.500. The van der Waals surface area contributed by atoms with Gasteiger partial charge < -0.3 is 5.73 Å². The third-order valence-corrected chi connectivity index (χ3v) is 3.78. The first-order valence-corrected chi connectivity index (χ1v) is 6.62. The van der Waals surface area contributed by atoms with E-state index in [1.54, 1.807) is 0 Å². The molecule has 0 saturated carbocycles. The molecule has 0 bridgehead atoms. The van der Waals surface area contributed by atoms with Crippen molar-refractivity contribution in [3.05, 3.63) is 35.4 Å². The second-order valence-corrected chi connectivity index (χ2v) is 5.09. The van der Waals surface area contributed by atoms with Crippen molar-refractivity contribution in [1.82, 2.24) is 4.90 Å². The molecule has 0 radical (unpaired) electrons. The summed E-state index contributed by atoms with van der Waals surface area (Å²) in [6, 6.07) is 8.50. The van der Waals surface area contributed by atoms with Crippen LogP contribution in [0.2, 0.25) is 0 Å². The number of hydrogen-bond donors (Lipinski definition) is 1. The molecule has 1 saturated heterocycles. The van der Waals surface area contributed by atoms with Crippen molar-refractivity contribution in [3.63, 3.8) is 0 Å². The van der Waals surface area contributed by atoms with Crippen molar-refractivity contribution >= 4 is 11.8 Å². The molecular formula is C12H18N2S. The van der Waals surface area contributed by atoms with Crippen LogP contribution in [0.15, 0.2) is 24.3 Å². The minimum Gasteiger partial charge on any atom is -0.326 e. The Kier molecular flexibility index (Phi) is 4.06. The lowest BCUT2D eigenvalue weighted by atomic mass is 10.1. The Balaban J connectivity index is 2.02. The minimum atomic E-state index is 0.652. The van der Waals surface area contributed by atoms with Crippen LogP contribution in [0.5, 0.6) is 0 Å². The largest absolute Gasteiger partial charge is 0.326 e. The van der Waals surface area contributed by atoms with Crippen LogP contribution in [0.3, 0.4) is 0 Å². The van der Waals surface area contributed by atoms with E-state index in [1.807, 2.05) is 0 Å². The molecule has 3 heteroatoms. The molecule has 0 spiro atoms. The SMILES string of the molecule is NCc1ccccc1CN1CCSCC1. The molecule has 2 N–H and O–H groups in total. The molecule has 2 nitrogen and oxygen atoms in total. The second-order valence-electron chi connectivity index (χ2n) is 3.86. The zero-order valence-electron chi connectivity index (χ0n) is 8.98. The van der Waals surface area contributed by atoms with E-state index >= 15 is 0 Å². The number of nitrogens with zero attached hydrogens (tertiary/aromatic N) is 1. The first-order chi connectivity index (χ1) is 7.40. The smallest absolute Gasteiger partial charge is 0.0237 e. The number of hydrogen-bond acceptors (Lipinski definition) is 3. The van der Waals surface area contributed by atoms with Gasteiger partial charge in [0, 0.05) is 37.7 Å². The van der Waals surface area contributed by atoms with Gasteiger partial charge in [0.25, 0.3) is 0 Å². The molecule has 0 amide bonds. The van der Waals surface area contributed by atoms with Crippen molar-refractivity contribution in [2.24, 2.45) is 5.73 Å². The van der Waals surface area contributed by atoms with E-state index in [9.17, 15) is 0 Å². The molecule has 2 rings (SSSR count). The quantitative estimate of drug-likeness (QED) is 0.844. The van der Waals surface area contributed by atoms with E-state index in [2.05, 4.69) is 40.9 Å². The van der Waals surface area contributed by atoms with Gasteiger partial charge >= 0.3 is 0 Å². The highest BCUT2D eigenvalue weighted by Crippen LogP contribution is 2.15. The molecule has 0 atom stereocenters. The van der Waals surface area contributed by atoms with Gasteiger partial charge in [0.1, 0.15) is 0 Å². The summed E-state index contributed by atoms with van der Waals surface area (Å²) in [5.41, 5.74) is 8.42. The molecule has 0 aromatic heterocycles. The van der Waals surface area contributed by atoms with Crippen molar-refractivity contribution in [2.75, 3.05) is 24.6 Å². The summed E-state index contributed by atoms with van der Waals surface area (Å²) in [7, 11) is 0. The van der Waals surface area contributed by atoms with Gasteiger partial charge in [0.15, 0.2) is 0 Å². The van der Waals surface area contributed by atoms with Crippen LogP contribution in [0.25, 0.3) is 0 Å². The van der Waals surface area contributed by atoms with Crippen molar-refractivity contribution in [1.29, 1.82) is 0 Å². The molecular weight excluding hydrogens is 204 g/mol. The third kappa shape index (κ3) is 2.97. The molecule has 1 aliphatic heterocycles. The molecule has 1 heterocycles. The lowest BCUT2D eigenvalue weighted by Gasteiger charge is -2.26. The Bertz CT molecular complexity index is 308. The van der Waals surface area contributed by atoms with Gasteiger partial charge in [-0.05, 0) is 11.1 Å². The maximum absolute atomic E-state index is 5.73. The summed E-state index contributed by atoms with van der Waals surface area (Å²) < 4.78 is 0. The summed E-state index contributed by atoms with van der Waals surface area (Å²) in [4.78, 5) is 2.52. The van der Waals surface area contributed by atoms with Crippen LogP contribution in [-0.2, 0) is 13.1 Å². The maximum Gasteiger partial charge on any atom is 0.0237 e. The maximum atomic E-state index is 5.73. The average Bonchev–Trinajstić information content (AvgIpc) is 2.31. The molecule has 1 aliphatic rings. The highest BCUT2D eigenvalue weighted by Gasteiger charge is 2.11. The topological polar surface area (TPSA) is 29.3 Å². The van der Waals surface area contributed by atoms with E-state index < -0.39 is 0 Å². The molecule has 0 unspecified atom stereocenters. The van der Waals surface area contributed by atoms with Crippen molar-refractivity contribution in [3.8, 4) is 0 Å². The van der Waals surface area contributed by atoms with Crippen molar-refractivity contribution in [2.45, 2.75) is 13.1 Å². The molecule has 0 aliphatic carbocycles. The molecule has 15 heavy (non-hydrogen) atoms. The van der Waals surface area contributed by atoms with E-state index in [1.165, 1.54) is 35.7 Å². The molecule has 1 aromatic carbocycles. The van der Waals surface area contributed by atoms with Gasteiger partial charge in [0.05, 0.1) is 0 Å². The first kappa shape index (κ1) is 11.0. The summed E-state index contributed by atoms with van der Waals surface area (Å²) in [6.07, 6.45) is 0. The predicted octanol–water partition coefficient (Wildman–Crippen LogP) is 1.69. The molecule has 1 fully saturated rings. The number of nitrogens with two attached hydrogens (primary N) is 1. The highest BCUT2D eigenvalue weighted by atomic mass is 32.2. The Morgan fingerprint density at radius 3 is 2.47 bits per heavy atom. The summed E-state index contributed by atoms with van der Waals surface area (Å²) in [5.74, 6) is 2.54. The Morgan fingerprint density at radius 2 is 1.80 bits per heavy atom. The van der Waals surface area contributed by atoms with E-state index in [-0.39, 0.29) is 0 Å². The van der Waals surface area contributed by atoms with Gasteiger partial charge in [0.2, 0.25) is 0 Å². The lowest BCUT2D eigenvalue weighted by molar-refractivity contribution is 0.294. The van der Waals surface area contributed by atoms with E-state index in [0.29, 0.717) is 6.54 Å². The van der Waals surface area contributed by atoms with Crippen LogP contribution >= 0.6 is 11.8 Å². The molecule has 1 aromatic rings. The minimum absolute atomic E-state index is 0.652. The van der Waals surface area contributed by atoms with Gasteiger partial charge in [-0.15, -0.1) is 0 Å². The Labute approximate surface area is 95.8 Å². The van der Waals surface area contributed by atoms with Gasteiger partial charge in [-0.2, -0.15) is 11.8 Å². The van der Waals surface area contributed by atoms with Gasteiger partial charge in [-0.25, -0.2) is 0 Å². The summed E-state index contributed by atoms with van der Waals surface area (Å²) >= 11 is 2.05. The zero-order chi connectivity index (χ0) is 10.5. The number of rotatable bonds is 3. The number of benzene rings is 1. The standard InChI is InChI=1S/C12H18N2S/c13-9-11-3-1-2-4-12(11)10-14-5-7-15-8-6-14/h1-4H,5-10,13H2. The van der Waals surface area contributed by atoms with Gasteiger partial charge in [-0.3, -0.25) is 4.90 Å². The average molecular weight is 222 g/mol.